The molecule has 3 aromatic rings. The number of aromatic nitrogens is 1. The Bertz CT molecular complexity index is 1000. The molecule has 6 nitrogen and oxygen atoms in total. The molecule has 0 radical (unpaired) electrons. The maximum atomic E-state index is 12.4. The molecule has 0 aliphatic carbocycles. The molecule has 0 atom stereocenters. The van der Waals surface area contributed by atoms with Crippen LogP contribution in [0.5, 0.6) is 0 Å². The lowest BCUT2D eigenvalue weighted by molar-refractivity contribution is 0.0696. The molecule has 7 heteroatoms. The predicted octanol–water partition coefficient (Wildman–Crippen LogP) is 2.73. The van der Waals surface area contributed by atoms with E-state index < -0.39 is 16.0 Å². The minimum Gasteiger partial charge on any atom is -0.478 e. The van der Waals surface area contributed by atoms with Crippen molar-refractivity contribution >= 4 is 32.6 Å². The molecule has 0 bridgehead atoms. The average molecular weight is 328 g/mol. The van der Waals surface area contributed by atoms with Gasteiger partial charge in [0.2, 0.25) is 0 Å². The van der Waals surface area contributed by atoms with E-state index in [9.17, 15) is 13.2 Å². The van der Waals surface area contributed by atoms with Gasteiger partial charge in [0.15, 0.2) is 0 Å². The number of anilines is 1. The van der Waals surface area contributed by atoms with E-state index >= 15 is 0 Å². The summed E-state index contributed by atoms with van der Waals surface area (Å²) in [6.07, 6.45) is 1.42. The van der Waals surface area contributed by atoms with Crippen LogP contribution in [0.3, 0.4) is 0 Å². The third-order valence-corrected chi connectivity index (χ3v) is 4.61. The van der Waals surface area contributed by atoms with Gasteiger partial charge in [0.1, 0.15) is 0 Å². The Labute approximate surface area is 132 Å². The first kappa shape index (κ1) is 15.0. The van der Waals surface area contributed by atoms with Gasteiger partial charge in [0.25, 0.3) is 10.0 Å². The van der Waals surface area contributed by atoms with Crippen molar-refractivity contribution in [2.75, 3.05) is 4.72 Å². The number of sulfonamides is 1. The number of para-hydroxylation sites is 1. The summed E-state index contributed by atoms with van der Waals surface area (Å²) in [5.74, 6) is -1.19. The number of carbonyl (C=O) groups is 1. The van der Waals surface area contributed by atoms with Gasteiger partial charge >= 0.3 is 5.97 Å². The van der Waals surface area contributed by atoms with Crippen molar-refractivity contribution in [3.05, 3.63) is 66.4 Å². The molecule has 0 saturated carbocycles. The number of pyridine rings is 1. The van der Waals surface area contributed by atoms with E-state index in [-0.39, 0.29) is 10.5 Å². The number of hydrogen-bond acceptors (Lipinski definition) is 4. The molecule has 23 heavy (non-hydrogen) atoms. The molecule has 0 amide bonds. The second-order valence-corrected chi connectivity index (χ2v) is 6.54. The minimum absolute atomic E-state index is 0.0930. The van der Waals surface area contributed by atoms with Gasteiger partial charge in [0, 0.05) is 5.39 Å². The third kappa shape index (κ3) is 3.14. The molecule has 0 spiro atoms. The molecule has 1 heterocycles. The van der Waals surface area contributed by atoms with Crippen molar-refractivity contribution in [3.8, 4) is 0 Å². The van der Waals surface area contributed by atoms with Crippen LogP contribution in [0.1, 0.15) is 10.4 Å². The van der Waals surface area contributed by atoms with Crippen LogP contribution in [0, 0.1) is 0 Å². The number of rotatable bonds is 4. The number of carboxylic acid groups (broad SMARTS) is 1. The van der Waals surface area contributed by atoms with Gasteiger partial charge in [-0.3, -0.25) is 9.71 Å². The minimum atomic E-state index is -3.89. The van der Waals surface area contributed by atoms with Crippen molar-refractivity contribution in [2.45, 2.75) is 4.90 Å². The smallest absolute Gasteiger partial charge is 0.335 e. The standard InChI is InChI=1S/C16H12N2O4S/c19-16(20)12-5-3-6-14(9-12)23(21,22)18-13-8-11-4-1-2-7-15(11)17-10-13/h1-10,18H,(H,19,20). The topological polar surface area (TPSA) is 96.4 Å². The van der Waals surface area contributed by atoms with Crippen molar-refractivity contribution < 1.29 is 18.3 Å². The van der Waals surface area contributed by atoms with Crippen LogP contribution in [0.4, 0.5) is 5.69 Å². The summed E-state index contributed by atoms with van der Waals surface area (Å²) in [6.45, 7) is 0. The fourth-order valence-corrected chi connectivity index (χ4v) is 3.22. The molecule has 2 aromatic carbocycles. The molecular weight excluding hydrogens is 316 g/mol. The van der Waals surface area contributed by atoms with Gasteiger partial charge < -0.3 is 5.11 Å². The van der Waals surface area contributed by atoms with E-state index in [4.69, 9.17) is 5.11 Å². The highest BCUT2D eigenvalue weighted by Gasteiger charge is 2.16. The van der Waals surface area contributed by atoms with Gasteiger partial charge in [-0.15, -0.1) is 0 Å². The Hall–Kier alpha value is -2.93. The van der Waals surface area contributed by atoms with E-state index in [0.29, 0.717) is 5.69 Å². The Morgan fingerprint density at radius 1 is 1.04 bits per heavy atom. The molecule has 116 valence electrons. The Kier molecular flexibility index (Phi) is 3.71. The quantitative estimate of drug-likeness (QED) is 0.767. The fraction of sp³-hybridized carbons (Fsp3) is 0. The van der Waals surface area contributed by atoms with Crippen molar-refractivity contribution in [2.24, 2.45) is 0 Å². The Balaban J connectivity index is 1.96. The number of benzene rings is 2. The van der Waals surface area contributed by atoms with Crippen LogP contribution < -0.4 is 4.72 Å². The number of hydrogen-bond donors (Lipinski definition) is 2. The maximum absolute atomic E-state index is 12.4. The van der Waals surface area contributed by atoms with Gasteiger partial charge in [-0.2, -0.15) is 0 Å². The van der Waals surface area contributed by atoms with Gasteiger partial charge in [-0.1, -0.05) is 24.3 Å². The second-order valence-electron chi connectivity index (χ2n) is 4.86. The lowest BCUT2D eigenvalue weighted by Crippen LogP contribution is -2.14. The van der Waals surface area contributed by atoms with Crippen molar-refractivity contribution in [1.29, 1.82) is 0 Å². The molecule has 0 fully saturated rings. The third-order valence-electron chi connectivity index (χ3n) is 3.23. The highest BCUT2D eigenvalue weighted by molar-refractivity contribution is 7.92. The van der Waals surface area contributed by atoms with E-state index in [2.05, 4.69) is 9.71 Å². The summed E-state index contributed by atoms with van der Waals surface area (Å²) >= 11 is 0. The van der Waals surface area contributed by atoms with Crippen LogP contribution in [0.15, 0.2) is 65.7 Å². The molecule has 0 aliphatic heterocycles. The summed E-state index contributed by atoms with van der Waals surface area (Å²) in [4.78, 5) is 15.0. The fourth-order valence-electron chi connectivity index (χ4n) is 2.14. The summed E-state index contributed by atoms with van der Waals surface area (Å²) < 4.78 is 27.2. The van der Waals surface area contributed by atoms with Crippen LogP contribution in [-0.4, -0.2) is 24.5 Å². The molecule has 0 saturated heterocycles. The summed E-state index contributed by atoms with van der Waals surface area (Å²) in [7, 11) is -3.89. The Morgan fingerprint density at radius 3 is 2.61 bits per heavy atom. The first-order chi connectivity index (χ1) is 11.0. The number of nitrogens with zero attached hydrogens (tertiary/aromatic N) is 1. The van der Waals surface area contributed by atoms with E-state index in [1.807, 2.05) is 24.3 Å². The molecular formula is C16H12N2O4S. The monoisotopic (exact) mass is 328 g/mol. The highest BCUT2D eigenvalue weighted by Crippen LogP contribution is 2.20. The zero-order chi connectivity index (χ0) is 16.4. The zero-order valence-corrected chi connectivity index (χ0v) is 12.6. The van der Waals surface area contributed by atoms with E-state index in [1.54, 1.807) is 6.07 Å². The van der Waals surface area contributed by atoms with Crippen molar-refractivity contribution in [1.82, 2.24) is 4.98 Å². The highest BCUT2D eigenvalue weighted by atomic mass is 32.2. The molecule has 1 aromatic heterocycles. The number of carboxylic acids is 1. The van der Waals surface area contributed by atoms with Crippen LogP contribution in [-0.2, 0) is 10.0 Å². The SMILES string of the molecule is O=C(O)c1cccc(S(=O)(=O)Nc2cnc3ccccc3c2)c1. The largest absolute Gasteiger partial charge is 0.478 e. The average Bonchev–Trinajstić information content (AvgIpc) is 2.54. The van der Waals surface area contributed by atoms with E-state index in [0.717, 1.165) is 17.0 Å². The molecule has 3 rings (SSSR count). The van der Waals surface area contributed by atoms with Gasteiger partial charge in [-0.05, 0) is 30.3 Å². The lowest BCUT2D eigenvalue weighted by atomic mass is 10.2. The lowest BCUT2D eigenvalue weighted by Gasteiger charge is -2.09. The van der Waals surface area contributed by atoms with Gasteiger partial charge in [-0.25, -0.2) is 13.2 Å². The summed E-state index contributed by atoms with van der Waals surface area (Å²) in [6, 6.07) is 14.2. The van der Waals surface area contributed by atoms with Crippen LogP contribution >= 0.6 is 0 Å². The molecule has 0 aliphatic rings. The molecule has 2 N–H and O–H groups in total. The summed E-state index contributed by atoms with van der Waals surface area (Å²) in [5, 5.41) is 9.76. The number of nitrogens with one attached hydrogen (secondary N) is 1. The van der Waals surface area contributed by atoms with Crippen LogP contribution in [0.25, 0.3) is 10.9 Å². The van der Waals surface area contributed by atoms with E-state index in [1.165, 1.54) is 24.4 Å². The van der Waals surface area contributed by atoms with Crippen molar-refractivity contribution in [3.63, 3.8) is 0 Å². The predicted molar refractivity (Wildman–Crippen MR) is 86.0 cm³/mol. The number of fused-ring (bicyclic) bond motifs is 1. The Morgan fingerprint density at radius 2 is 1.83 bits per heavy atom. The first-order valence-corrected chi connectivity index (χ1v) is 8.15. The number of aromatic carboxylic acids is 1. The first-order valence-electron chi connectivity index (χ1n) is 6.67. The normalized spacial score (nSPS) is 11.3. The zero-order valence-electron chi connectivity index (χ0n) is 11.8. The summed E-state index contributed by atoms with van der Waals surface area (Å²) in [5.41, 5.74) is 0.970. The molecule has 0 unspecified atom stereocenters. The van der Waals surface area contributed by atoms with Gasteiger partial charge in [0.05, 0.1) is 27.9 Å². The second kappa shape index (κ2) is 5.69. The van der Waals surface area contributed by atoms with Crippen LogP contribution in [0.2, 0.25) is 0 Å². The maximum Gasteiger partial charge on any atom is 0.335 e.